The maximum absolute atomic E-state index is 12.8. The molecule has 7 N–H and O–H groups in total. The van der Waals surface area contributed by atoms with Crippen molar-refractivity contribution in [3.8, 4) is 0 Å². The third-order valence-electron chi connectivity index (χ3n) is 12.5. The molecule has 6 unspecified atom stereocenters. The van der Waals surface area contributed by atoms with Crippen LogP contribution in [0.25, 0.3) is 0 Å². The monoisotopic (exact) mass is 1060 g/mol. The number of carbonyl (C=O) groups is 2. The third-order valence-corrected chi connectivity index (χ3v) is 12.5. The lowest BCUT2D eigenvalue weighted by Gasteiger charge is -2.49. The zero-order chi connectivity index (χ0) is 53.3. The normalized spacial score (nSPS) is 30.1. The molecule has 0 aromatic heterocycles. The Balaban J connectivity index is 1.15. The Kier molecular flexibility index (Phi) is 21.9. The average Bonchev–Trinajstić information content (AvgIpc) is 3.40. The summed E-state index contributed by atoms with van der Waals surface area (Å²) in [7, 11) is 0. The lowest BCUT2D eigenvalue weighted by Crippen LogP contribution is -2.68. The van der Waals surface area contributed by atoms with Crippen molar-refractivity contribution in [2.24, 2.45) is 0 Å². The average molecular weight is 1060 g/mol. The Morgan fingerprint density at radius 2 is 0.973 bits per heavy atom. The number of alkyl halides is 3. The highest BCUT2D eigenvalue weighted by atomic mass is 19.4. The smallest absolute Gasteiger partial charge is 0.388 e. The molecule has 3 aliphatic heterocycles. The molecule has 19 nitrogen and oxygen atoms in total. The first kappa shape index (κ1) is 57.7. The van der Waals surface area contributed by atoms with E-state index < -0.39 is 117 Å². The molecule has 0 bridgehead atoms. The fourth-order valence-electron chi connectivity index (χ4n) is 8.65. The van der Waals surface area contributed by atoms with Crippen LogP contribution in [0.5, 0.6) is 0 Å². The van der Waals surface area contributed by atoms with Gasteiger partial charge in [-0.3, -0.25) is 9.59 Å². The molecule has 0 radical (unpaired) electrons. The highest BCUT2D eigenvalue weighted by Crippen LogP contribution is 2.35. The number of nitrogens with one attached hydrogen (secondary N) is 2. The molecular formula is C53H65F3N2O17. The van der Waals surface area contributed by atoms with Crippen LogP contribution in [0.4, 0.5) is 13.2 Å². The molecule has 3 aliphatic rings. The summed E-state index contributed by atoms with van der Waals surface area (Å²) < 4.78 is 100. The Morgan fingerprint density at radius 3 is 1.48 bits per heavy atom. The Bertz CT molecular complexity index is 2300. The second-order valence-corrected chi connectivity index (χ2v) is 18.3. The number of benzene rings is 4. The quantitative estimate of drug-likeness (QED) is 0.0471. The molecule has 22 heteroatoms. The van der Waals surface area contributed by atoms with Gasteiger partial charge in [-0.1, -0.05) is 121 Å². The number of ether oxygens (including phenoxy) is 10. The van der Waals surface area contributed by atoms with Crippen LogP contribution in [0, 0.1) is 0 Å². The largest absolute Gasteiger partial charge is 0.471 e. The van der Waals surface area contributed by atoms with Gasteiger partial charge in [0.15, 0.2) is 18.9 Å². The maximum Gasteiger partial charge on any atom is 0.471 e. The van der Waals surface area contributed by atoms with Gasteiger partial charge in [0.1, 0.15) is 73.2 Å². The van der Waals surface area contributed by atoms with E-state index in [0.717, 1.165) is 16.7 Å². The van der Waals surface area contributed by atoms with E-state index in [-0.39, 0.29) is 59.3 Å². The summed E-state index contributed by atoms with van der Waals surface area (Å²) in [5.74, 6) is -2.77. The van der Waals surface area contributed by atoms with Gasteiger partial charge in [-0.05, 0) is 28.7 Å². The van der Waals surface area contributed by atoms with E-state index in [4.69, 9.17) is 47.4 Å². The Morgan fingerprint density at radius 1 is 0.520 bits per heavy atom. The van der Waals surface area contributed by atoms with E-state index in [1.807, 2.05) is 84.9 Å². The lowest BCUT2D eigenvalue weighted by molar-refractivity contribution is -0.379. The molecule has 4 aromatic rings. The van der Waals surface area contributed by atoms with Gasteiger partial charge in [-0.2, -0.15) is 13.2 Å². The van der Waals surface area contributed by atoms with Crippen molar-refractivity contribution >= 4 is 11.8 Å². The van der Waals surface area contributed by atoms with Crippen LogP contribution in [0.3, 0.4) is 0 Å². The molecule has 3 fully saturated rings. The Labute approximate surface area is 431 Å². The minimum Gasteiger partial charge on any atom is -0.388 e. The summed E-state index contributed by atoms with van der Waals surface area (Å²) in [5.41, 5.74) is 3.10. The summed E-state index contributed by atoms with van der Waals surface area (Å²) in [6.07, 6.45) is -27.1. The van der Waals surface area contributed by atoms with Crippen molar-refractivity contribution in [3.05, 3.63) is 144 Å². The van der Waals surface area contributed by atoms with Crippen molar-refractivity contribution in [2.75, 3.05) is 33.0 Å². The van der Waals surface area contributed by atoms with E-state index in [0.29, 0.717) is 5.56 Å². The number of aliphatic hydroxyl groups excluding tert-OH is 5. The lowest BCUT2D eigenvalue weighted by atomic mass is 9.95. The van der Waals surface area contributed by atoms with Gasteiger partial charge in [0, 0.05) is 13.5 Å². The van der Waals surface area contributed by atoms with E-state index in [9.17, 15) is 48.3 Å². The molecule has 75 heavy (non-hydrogen) atoms. The number of hydrogen-bond donors (Lipinski definition) is 7. The number of hydrogen-bond acceptors (Lipinski definition) is 17. The fraction of sp³-hybridized carbons (Fsp3) is 0.509. The summed E-state index contributed by atoms with van der Waals surface area (Å²) in [5, 5.41) is 63.9. The second-order valence-electron chi connectivity index (χ2n) is 18.3. The van der Waals surface area contributed by atoms with Gasteiger partial charge in [-0.25, -0.2) is 0 Å². The maximum atomic E-state index is 12.8. The van der Waals surface area contributed by atoms with Gasteiger partial charge >= 0.3 is 12.1 Å². The van der Waals surface area contributed by atoms with E-state index in [1.54, 1.807) is 41.7 Å². The predicted octanol–water partition coefficient (Wildman–Crippen LogP) is 2.56. The van der Waals surface area contributed by atoms with Gasteiger partial charge < -0.3 is 83.5 Å². The SMILES string of the molecule is CC(=O)NC1[C@H](OCCCNC(=O)C(F)(F)F)OC(COCc2ccccc2)[C@@H](O[C@@H]2OC(COCc3ccccc3)[C@H](O)[C@H](O[C@H]3OC(COCc4ccccc4)[C@H](O)[C@H](O)C3OCc3ccccc3)C2O)[C@@H]1O. The van der Waals surface area contributed by atoms with Crippen molar-refractivity contribution in [1.29, 1.82) is 0 Å². The van der Waals surface area contributed by atoms with Crippen LogP contribution in [0.2, 0.25) is 0 Å². The molecule has 3 heterocycles. The highest BCUT2D eigenvalue weighted by Gasteiger charge is 2.55. The van der Waals surface area contributed by atoms with Crippen LogP contribution in [-0.2, 0) is 83.4 Å². The number of halogens is 3. The standard InChI is InChI=1S/C53H65F3N2O17/c1-32(59)58-40-43(62)46(39(31-68-27-35-19-10-4-11-20-35)73-49(40)69-24-14-23-57-52(65)53(54,55)56)74-50-45(64)47(42(61)38(71-50)30-67-26-34-17-8-3-9-18-34)75-51-48(70-28-36-21-12-5-13-22-36)44(63)41(60)37(72-51)29-66-25-33-15-6-2-7-16-33/h2-13,15-22,37-51,60-64H,14,23-31H2,1H3,(H,57,65)(H,58,59)/t37?,38?,39?,40?,41-,42-,43+,44-,45?,46+,47-,48?,49+,50-,51+/m0/s1. The summed E-state index contributed by atoms with van der Waals surface area (Å²) in [4.78, 5) is 24.0. The summed E-state index contributed by atoms with van der Waals surface area (Å²) >= 11 is 0. The first-order valence-electron chi connectivity index (χ1n) is 24.6. The number of rotatable bonds is 25. The van der Waals surface area contributed by atoms with E-state index in [2.05, 4.69) is 5.32 Å². The third kappa shape index (κ3) is 16.8. The van der Waals surface area contributed by atoms with Gasteiger partial charge in [0.25, 0.3) is 0 Å². The minimum atomic E-state index is -5.10. The van der Waals surface area contributed by atoms with Crippen LogP contribution >= 0.6 is 0 Å². The summed E-state index contributed by atoms with van der Waals surface area (Å²) in [6, 6.07) is 35.0. The van der Waals surface area contributed by atoms with E-state index in [1.165, 1.54) is 6.92 Å². The van der Waals surface area contributed by atoms with Gasteiger partial charge in [0.05, 0.1) is 52.9 Å². The number of carbonyl (C=O) groups excluding carboxylic acids is 2. The second kappa shape index (κ2) is 28.4. The van der Waals surface area contributed by atoms with Crippen molar-refractivity contribution in [1.82, 2.24) is 10.6 Å². The molecule has 7 rings (SSSR count). The van der Waals surface area contributed by atoms with E-state index >= 15 is 0 Å². The Hall–Kier alpha value is -4.99. The zero-order valence-corrected chi connectivity index (χ0v) is 41.0. The molecule has 0 spiro atoms. The highest BCUT2D eigenvalue weighted by molar-refractivity contribution is 5.81. The first-order valence-corrected chi connectivity index (χ1v) is 24.6. The van der Waals surface area contributed by atoms with Crippen molar-refractivity contribution in [2.45, 2.75) is 138 Å². The summed E-state index contributed by atoms with van der Waals surface area (Å²) in [6.45, 7) is -0.188. The van der Waals surface area contributed by atoms with Crippen molar-refractivity contribution in [3.63, 3.8) is 0 Å². The molecule has 2 amide bonds. The predicted molar refractivity (Wildman–Crippen MR) is 256 cm³/mol. The number of aliphatic hydroxyl groups is 5. The molecule has 3 saturated heterocycles. The van der Waals surface area contributed by atoms with Gasteiger partial charge in [0.2, 0.25) is 5.91 Å². The first-order chi connectivity index (χ1) is 36.2. The topological polar surface area (TPSA) is 252 Å². The zero-order valence-electron chi connectivity index (χ0n) is 41.0. The molecular weight excluding hydrogens is 994 g/mol. The fourth-order valence-corrected chi connectivity index (χ4v) is 8.65. The van der Waals surface area contributed by atoms with Crippen LogP contribution in [-0.4, -0.2) is 169 Å². The minimum absolute atomic E-state index is 0.0578. The van der Waals surface area contributed by atoms with Crippen molar-refractivity contribution < 1.29 is 95.7 Å². The molecule has 0 saturated carbocycles. The molecule has 0 aliphatic carbocycles. The van der Waals surface area contributed by atoms with Gasteiger partial charge in [-0.15, -0.1) is 0 Å². The number of amides is 2. The molecule has 410 valence electrons. The van der Waals surface area contributed by atoms with Crippen LogP contribution in [0.15, 0.2) is 121 Å². The van der Waals surface area contributed by atoms with Crippen LogP contribution in [0.1, 0.15) is 35.6 Å². The van der Waals surface area contributed by atoms with Crippen LogP contribution < -0.4 is 10.6 Å². The molecule has 15 atom stereocenters. The molecule has 4 aromatic carbocycles.